The van der Waals surface area contributed by atoms with Crippen molar-refractivity contribution in [2.75, 3.05) is 44.8 Å². The Morgan fingerprint density at radius 3 is 2.39 bits per heavy atom. The van der Waals surface area contributed by atoms with E-state index in [1.54, 1.807) is 0 Å². The number of hydrogen-bond donors (Lipinski definition) is 2. The van der Waals surface area contributed by atoms with Gasteiger partial charge in [-0.1, -0.05) is 6.42 Å². The van der Waals surface area contributed by atoms with Crippen LogP contribution >= 0.6 is 0 Å². The van der Waals surface area contributed by atoms with Gasteiger partial charge < -0.3 is 15.3 Å². The van der Waals surface area contributed by atoms with E-state index < -0.39 is 9.84 Å². The Hall–Kier alpha value is -0.170. The molecule has 1 rings (SSSR count). The number of nitrogens with one attached hydrogen (secondary N) is 1. The third-order valence-corrected chi connectivity index (χ3v) is 5.45. The Labute approximate surface area is 110 Å². The molecule has 1 aliphatic heterocycles. The standard InChI is InChI=1S/C12H26N2O3S/c1-12(11-15,13-2)5-3-4-6-14-7-9-18(16,17)10-8-14/h13,15H,3-11H2,1-2H3. The summed E-state index contributed by atoms with van der Waals surface area (Å²) in [5.74, 6) is 0.607. The van der Waals surface area contributed by atoms with Gasteiger partial charge in [0, 0.05) is 18.6 Å². The number of likely N-dealkylation sites (N-methyl/N-ethyl adjacent to an activating group) is 1. The van der Waals surface area contributed by atoms with Crippen molar-refractivity contribution in [1.29, 1.82) is 0 Å². The molecule has 18 heavy (non-hydrogen) atoms. The Morgan fingerprint density at radius 1 is 1.28 bits per heavy atom. The first kappa shape index (κ1) is 15.9. The first-order valence-corrected chi connectivity index (χ1v) is 8.45. The van der Waals surface area contributed by atoms with Crippen LogP contribution in [0.15, 0.2) is 0 Å². The quantitative estimate of drug-likeness (QED) is 0.634. The van der Waals surface area contributed by atoms with Crippen molar-refractivity contribution in [3.8, 4) is 0 Å². The molecule has 0 saturated carbocycles. The summed E-state index contributed by atoms with van der Waals surface area (Å²) in [7, 11) is -0.895. The molecule has 1 heterocycles. The first-order valence-electron chi connectivity index (χ1n) is 6.63. The average molecular weight is 278 g/mol. The van der Waals surface area contributed by atoms with E-state index in [0.29, 0.717) is 24.6 Å². The third-order valence-electron chi connectivity index (χ3n) is 3.84. The predicted octanol–water partition coefficient (Wildman–Crippen LogP) is -0.142. The van der Waals surface area contributed by atoms with Crippen LogP contribution in [0, 0.1) is 0 Å². The molecule has 6 heteroatoms. The van der Waals surface area contributed by atoms with Crippen LogP contribution in [0.1, 0.15) is 26.2 Å². The lowest BCUT2D eigenvalue weighted by atomic mass is 9.96. The third kappa shape index (κ3) is 5.22. The lowest BCUT2D eigenvalue weighted by molar-refractivity contribution is 0.168. The van der Waals surface area contributed by atoms with Crippen molar-refractivity contribution in [2.24, 2.45) is 0 Å². The summed E-state index contributed by atoms with van der Waals surface area (Å²) in [6.45, 7) is 4.46. The van der Waals surface area contributed by atoms with Gasteiger partial charge in [-0.05, 0) is 33.4 Å². The van der Waals surface area contributed by atoms with Crippen molar-refractivity contribution in [2.45, 2.75) is 31.7 Å². The van der Waals surface area contributed by atoms with E-state index in [1.807, 2.05) is 14.0 Å². The van der Waals surface area contributed by atoms with Gasteiger partial charge in [-0.25, -0.2) is 8.42 Å². The number of nitrogens with zero attached hydrogens (tertiary/aromatic N) is 1. The fourth-order valence-electron chi connectivity index (χ4n) is 2.11. The summed E-state index contributed by atoms with van der Waals surface area (Å²) in [5.41, 5.74) is -0.189. The molecule has 0 radical (unpaired) electrons. The van der Waals surface area contributed by atoms with Crippen LogP contribution in [-0.2, 0) is 9.84 Å². The van der Waals surface area contributed by atoms with Gasteiger partial charge in [-0.3, -0.25) is 0 Å². The van der Waals surface area contributed by atoms with Gasteiger partial charge in [-0.2, -0.15) is 0 Å². The molecule has 1 fully saturated rings. The van der Waals surface area contributed by atoms with E-state index in [9.17, 15) is 13.5 Å². The van der Waals surface area contributed by atoms with Crippen LogP contribution < -0.4 is 5.32 Å². The van der Waals surface area contributed by atoms with E-state index in [4.69, 9.17) is 0 Å². The maximum absolute atomic E-state index is 11.3. The molecular weight excluding hydrogens is 252 g/mol. The first-order chi connectivity index (χ1) is 8.41. The number of sulfone groups is 1. The monoisotopic (exact) mass is 278 g/mol. The lowest BCUT2D eigenvalue weighted by Crippen LogP contribution is -2.43. The zero-order valence-corrected chi connectivity index (χ0v) is 12.3. The van der Waals surface area contributed by atoms with Crippen molar-refractivity contribution in [3.05, 3.63) is 0 Å². The van der Waals surface area contributed by atoms with Gasteiger partial charge in [0.25, 0.3) is 0 Å². The molecule has 0 spiro atoms. The molecule has 0 aromatic carbocycles. The highest BCUT2D eigenvalue weighted by molar-refractivity contribution is 7.91. The topological polar surface area (TPSA) is 69.6 Å². The Morgan fingerprint density at radius 2 is 1.89 bits per heavy atom. The van der Waals surface area contributed by atoms with Crippen molar-refractivity contribution >= 4 is 9.84 Å². The molecule has 1 atom stereocenters. The van der Waals surface area contributed by atoms with Gasteiger partial charge in [-0.15, -0.1) is 0 Å². The number of unbranched alkanes of at least 4 members (excludes halogenated alkanes) is 1. The number of rotatable bonds is 7. The lowest BCUT2D eigenvalue weighted by Gasteiger charge is -2.29. The summed E-state index contributed by atoms with van der Waals surface area (Å²) < 4.78 is 22.5. The Kier molecular flexibility index (Phi) is 6.04. The minimum atomic E-state index is -2.76. The van der Waals surface area contributed by atoms with E-state index in [1.165, 1.54) is 0 Å². The second kappa shape index (κ2) is 6.84. The maximum atomic E-state index is 11.3. The van der Waals surface area contributed by atoms with Crippen LogP contribution in [0.25, 0.3) is 0 Å². The molecular formula is C12H26N2O3S. The van der Waals surface area contributed by atoms with Gasteiger partial charge in [0.05, 0.1) is 18.1 Å². The SMILES string of the molecule is CNC(C)(CO)CCCCN1CCS(=O)(=O)CC1. The highest BCUT2D eigenvalue weighted by Crippen LogP contribution is 2.13. The molecule has 0 amide bonds. The fourth-order valence-corrected chi connectivity index (χ4v) is 3.38. The highest BCUT2D eigenvalue weighted by atomic mass is 32.2. The minimum absolute atomic E-state index is 0.144. The molecule has 0 aliphatic carbocycles. The van der Waals surface area contributed by atoms with Gasteiger partial charge in [0.15, 0.2) is 9.84 Å². The molecule has 108 valence electrons. The van der Waals surface area contributed by atoms with Gasteiger partial charge in [0.2, 0.25) is 0 Å². The normalized spacial score (nSPS) is 23.7. The van der Waals surface area contributed by atoms with Crippen LogP contribution in [0.5, 0.6) is 0 Å². The summed E-state index contributed by atoms with van der Waals surface area (Å²) >= 11 is 0. The largest absolute Gasteiger partial charge is 0.394 e. The number of hydrogen-bond acceptors (Lipinski definition) is 5. The second-order valence-corrected chi connectivity index (χ2v) is 7.72. The van der Waals surface area contributed by atoms with Crippen LogP contribution in [-0.4, -0.2) is 68.8 Å². The van der Waals surface area contributed by atoms with Crippen LogP contribution in [0.3, 0.4) is 0 Å². The molecule has 0 aromatic rings. The van der Waals surface area contributed by atoms with Crippen molar-refractivity contribution in [1.82, 2.24) is 10.2 Å². The smallest absolute Gasteiger partial charge is 0.152 e. The van der Waals surface area contributed by atoms with Crippen LogP contribution in [0.2, 0.25) is 0 Å². The number of aliphatic hydroxyl groups excluding tert-OH is 1. The maximum Gasteiger partial charge on any atom is 0.152 e. The summed E-state index contributed by atoms with van der Waals surface area (Å²) in [6.07, 6.45) is 3.03. The zero-order chi connectivity index (χ0) is 13.6. The average Bonchev–Trinajstić information content (AvgIpc) is 2.36. The summed E-state index contributed by atoms with van der Waals surface area (Å²) in [6, 6.07) is 0. The Balaban J connectivity index is 2.16. The van der Waals surface area contributed by atoms with Gasteiger partial charge in [0.1, 0.15) is 0 Å². The summed E-state index contributed by atoms with van der Waals surface area (Å²) in [4.78, 5) is 2.22. The minimum Gasteiger partial charge on any atom is -0.394 e. The molecule has 0 aromatic heterocycles. The van der Waals surface area contributed by atoms with Crippen molar-refractivity contribution < 1.29 is 13.5 Å². The van der Waals surface area contributed by atoms with Crippen molar-refractivity contribution in [3.63, 3.8) is 0 Å². The molecule has 5 nitrogen and oxygen atoms in total. The number of aliphatic hydroxyl groups is 1. The molecule has 1 saturated heterocycles. The molecule has 1 unspecified atom stereocenters. The fraction of sp³-hybridized carbons (Fsp3) is 1.00. The molecule has 2 N–H and O–H groups in total. The van der Waals surface area contributed by atoms with Gasteiger partial charge >= 0.3 is 0 Å². The second-order valence-electron chi connectivity index (χ2n) is 5.42. The molecule has 1 aliphatic rings. The highest BCUT2D eigenvalue weighted by Gasteiger charge is 2.22. The van der Waals surface area contributed by atoms with E-state index >= 15 is 0 Å². The van der Waals surface area contributed by atoms with E-state index in [-0.39, 0.29) is 12.1 Å². The molecule has 0 bridgehead atoms. The zero-order valence-electron chi connectivity index (χ0n) is 11.5. The Bertz CT molecular complexity index is 325. The van der Waals surface area contributed by atoms with E-state index in [0.717, 1.165) is 25.8 Å². The van der Waals surface area contributed by atoms with E-state index in [2.05, 4.69) is 10.2 Å². The predicted molar refractivity (Wildman–Crippen MR) is 73.5 cm³/mol. The van der Waals surface area contributed by atoms with Crippen LogP contribution in [0.4, 0.5) is 0 Å². The summed E-state index contributed by atoms with van der Waals surface area (Å²) in [5, 5.41) is 12.4.